The highest BCUT2D eigenvalue weighted by atomic mass is 32.1. The van der Waals surface area contributed by atoms with Gasteiger partial charge in [-0.25, -0.2) is 4.21 Å². The molecule has 0 fully saturated rings. The zero-order valence-electron chi connectivity index (χ0n) is 8.38. The summed E-state index contributed by atoms with van der Waals surface area (Å²) in [4.78, 5) is 0.621. The van der Waals surface area contributed by atoms with Gasteiger partial charge in [0.15, 0.2) is 0 Å². The van der Waals surface area contributed by atoms with Gasteiger partial charge in [-0.3, -0.25) is 0 Å². The van der Waals surface area contributed by atoms with Crippen molar-refractivity contribution in [1.29, 1.82) is 0 Å². The summed E-state index contributed by atoms with van der Waals surface area (Å²) >= 11 is 0.405. The summed E-state index contributed by atoms with van der Waals surface area (Å²) in [5, 5.41) is 19.4. The molecule has 0 saturated heterocycles. The van der Waals surface area contributed by atoms with Crippen molar-refractivity contribution in [2.24, 2.45) is 0 Å². The van der Waals surface area contributed by atoms with Gasteiger partial charge in [-0.15, -0.1) is 0 Å². The van der Waals surface area contributed by atoms with E-state index in [4.69, 9.17) is 0 Å². The number of hydrogen-bond acceptors (Lipinski definition) is 3. The quantitative estimate of drug-likeness (QED) is 0.731. The monoisotopic (exact) mass is 234 g/mol. The lowest BCUT2D eigenvalue weighted by molar-refractivity contribution is 0.432. The summed E-state index contributed by atoms with van der Waals surface area (Å²) in [7, 11) is 0. The molecule has 0 radical (unpaired) electrons. The van der Waals surface area contributed by atoms with Crippen molar-refractivity contribution in [3.05, 3.63) is 47.7 Å². The third-order valence-electron chi connectivity index (χ3n) is 2.42. The van der Waals surface area contributed by atoms with Crippen molar-refractivity contribution in [2.75, 3.05) is 0 Å². The second kappa shape index (κ2) is 4.37. The Hall–Kier alpha value is -1.81. The number of aliphatic hydroxyl groups excluding tert-OH is 1. The van der Waals surface area contributed by atoms with Crippen LogP contribution >= 0.6 is 0 Å². The number of benzene rings is 1. The molecule has 2 rings (SSSR count). The van der Waals surface area contributed by atoms with Crippen LogP contribution in [0.5, 0.6) is 5.75 Å². The Morgan fingerprint density at radius 3 is 2.56 bits per heavy atom. The smallest absolute Gasteiger partial charge is 0.123 e. The molecule has 0 saturated carbocycles. The van der Waals surface area contributed by atoms with Crippen LogP contribution in [0.3, 0.4) is 0 Å². The molecule has 0 heterocycles. The van der Waals surface area contributed by atoms with Crippen molar-refractivity contribution in [3.63, 3.8) is 0 Å². The van der Waals surface area contributed by atoms with E-state index in [0.717, 1.165) is 0 Å². The molecule has 0 aromatic heterocycles. The van der Waals surface area contributed by atoms with Crippen LogP contribution < -0.4 is 0 Å². The maximum Gasteiger partial charge on any atom is 0.123 e. The van der Waals surface area contributed by atoms with Crippen LogP contribution in [0.2, 0.25) is 0 Å². The molecule has 1 aliphatic carbocycles. The van der Waals surface area contributed by atoms with Gasteiger partial charge < -0.3 is 10.2 Å². The maximum atomic E-state index is 10.7. The Labute approximate surface area is 96.4 Å². The number of phenolic OH excluding ortho intramolecular Hbond substituents is 1. The molecule has 2 N–H and O–H groups in total. The number of aromatic hydroxyl groups is 1. The van der Waals surface area contributed by atoms with Gasteiger partial charge in [0.1, 0.15) is 11.5 Å². The van der Waals surface area contributed by atoms with Crippen LogP contribution in [0.4, 0.5) is 0 Å². The first-order chi connectivity index (χ1) is 7.72. The number of phenols is 1. The molecular weight excluding hydrogens is 224 g/mol. The Morgan fingerprint density at radius 2 is 1.88 bits per heavy atom. The number of hydrogen-bond donors (Lipinski definition) is 2. The van der Waals surface area contributed by atoms with Gasteiger partial charge in [-0.2, -0.15) is 0 Å². The topological polar surface area (TPSA) is 57.5 Å². The Kier molecular flexibility index (Phi) is 2.92. The normalized spacial score (nSPS) is 15.4. The molecule has 3 nitrogen and oxygen atoms in total. The first-order valence-corrected chi connectivity index (χ1v) is 5.50. The number of rotatable bonds is 1. The minimum absolute atomic E-state index is 0.0966. The molecule has 4 heteroatoms. The highest BCUT2D eigenvalue weighted by Gasteiger charge is 2.16. The van der Waals surface area contributed by atoms with E-state index in [1.807, 2.05) is 0 Å². The van der Waals surface area contributed by atoms with Crippen molar-refractivity contribution >= 4 is 21.7 Å². The predicted molar refractivity (Wildman–Crippen MR) is 64.6 cm³/mol. The second-order valence-electron chi connectivity index (χ2n) is 3.44. The Morgan fingerprint density at radius 1 is 1.12 bits per heavy atom. The Balaban J connectivity index is 2.52. The first-order valence-electron chi connectivity index (χ1n) is 4.76. The van der Waals surface area contributed by atoms with Crippen LogP contribution in [0.1, 0.15) is 12.0 Å². The van der Waals surface area contributed by atoms with Crippen molar-refractivity contribution in [1.82, 2.24) is 0 Å². The third-order valence-corrected chi connectivity index (χ3v) is 2.92. The van der Waals surface area contributed by atoms with Gasteiger partial charge in [0, 0.05) is 22.4 Å². The molecule has 1 aromatic carbocycles. The minimum Gasteiger partial charge on any atom is -0.508 e. The van der Waals surface area contributed by atoms with E-state index >= 15 is 0 Å². The minimum atomic E-state index is 0.0966. The summed E-state index contributed by atoms with van der Waals surface area (Å²) in [6.07, 6.45) is 3.43. The van der Waals surface area contributed by atoms with Crippen molar-refractivity contribution < 1.29 is 14.4 Å². The summed E-state index contributed by atoms with van der Waals surface area (Å²) in [6.45, 7) is 0. The summed E-state index contributed by atoms with van der Waals surface area (Å²) in [5.74, 6) is 0.203. The third kappa shape index (κ3) is 1.92. The van der Waals surface area contributed by atoms with Gasteiger partial charge in [-0.05, 0) is 18.2 Å². The van der Waals surface area contributed by atoms with Crippen LogP contribution in [-0.2, 0) is 11.3 Å². The lowest BCUT2D eigenvalue weighted by Gasteiger charge is -2.13. The lowest BCUT2D eigenvalue weighted by atomic mass is 9.95. The highest BCUT2D eigenvalue weighted by Crippen LogP contribution is 2.31. The fourth-order valence-corrected chi connectivity index (χ4v) is 1.94. The van der Waals surface area contributed by atoms with Gasteiger partial charge in [0.05, 0.1) is 11.3 Å². The van der Waals surface area contributed by atoms with Gasteiger partial charge in [0.25, 0.3) is 0 Å². The predicted octanol–water partition coefficient (Wildman–Crippen LogP) is 2.01. The summed E-state index contributed by atoms with van der Waals surface area (Å²) < 4.78 is 10.7. The van der Waals surface area contributed by atoms with Crippen LogP contribution in [-0.4, -0.2) is 19.3 Å². The van der Waals surface area contributed by atoms with Crippen molar-refractivity contribution in [3.8, 4) is 5.75 Å². The molecule has 0 atom stereocenters. The SMILES string of the molecule is O=S=C1C=CC(O)=C(c2ccccc2O)C1. The number of para-hydroxylation sites is 1. The second-order valence-corrected chi connectivity index (χ2v) is 4.13. The maximum absolute atomic E-state index is 10.7. The van der Waals surface area contributed by atoms with Crippen molar-refractivity contribution in [2.45, 2.75) is 6.42 Å². The molecule has 0 unspecified atom stereocenters. The summed E-state index contributed by atoms with van der Waals surface area (Å²) in [5.41, 5.74) is 1.15. The highest BCUT2D eigenvalue weighted by molar-refractivity contribution is 7.67. The fraction of sp³-hybridized carbons (Fsp3) is 0.0833. The van der Waals surface area contributed by atoms with Crippen LogP contribution in [0.25, 0.3) is 5.57 Å². The number of allylic oxidation sites excluding steroid dienone is 3. The van der Waals surface area contributed by atoms with Gasteiger partial charge in [0.2, 0.25) is 0 Å². The van der Waals surface area contributed by atoms with E-state index in [0.29, 0.717) is 33.7 Å². The van der Waals surface area contributed by atoms with E-state index in [1.54, 1.807) is 30.3 Å². The molecule has 0 spiro atoms. The molecular formula is C12H10O3S. The standard InChI is InChI=1S/C12H10O3S/c13-11-4-2-1-3-9(11)10-7-8(16-15)5-6-12(10)14/h1-6,13-14H,7H2. The zero-order chi connectivity index (χ0) is 11.5. The van der Waals surface area contributed by atoms with E-state index < -0.39 is 0 Å². The van der Waals surface area contributed by atoms with Gasteiger partial charge in [-0.1, -0.05) is 18.2 Å². The average Bonchev–Trinajstić information content (AvgIpc) is 2.31. The molecule has 0 bridgehead atoms. The van der Waals surface area contributed by atoms with E-state index in [2.05, 4.69) is 0 Å². The van der Waals surface area contributed by atoms with E-state index in [1.165, 1.54) is 6.08 Å². The molecule has 82 valence electrons. The largest absolute Gasteiger partial charge is 0.508 e. The van der Waals surface area contributed by atoms with E-state index in [-0.39, 0.29) is 11.5 Å². The first kappa shape index (κ1) is 10.7. The van der Waals surface area contributed by atoms with Crippen LogP contribution in [0, 0.1) is 0 Å². The molecule has 0 amide bonds. The van der Waals surface area contributed by atoms with Gasteiger partial charge >= 0.3 is 0 Å². The van der Waals surface area contributed by atoms with Crippen LogP contribution in [0.15, 0.2) is 42.2 Å². The fourth-order valence-electron chi connectivity index (χ4n) is 1.62. The molecule has 0 aliphatic heterocycles. The zero-order valence-corrected chi connectivity index (χ0v) is 9.20. The lowest BCUT2D eigenvalue weighted by Crippen LogP contribution is -2.03. The van der Waals surface area contributed by atoms with E-state index in [9.17, 15) is 14.4 Å². The summed E-state index contributed by atoms with van der Waals surface area (Å²) in [6, 6.07) is 6.75. The molecule has 1 aromatic rings. The average molecular weight is 234 g/mol. The Bertz CT molecular complexity index is 537. The molecule has 1 aliphatic rings. The molecule has 16 heavy (non-hydrogen) atoms. The number of aliphatic hydroxyl groups is 1.